The number of ether oxygens (including phenoxy) is 1. The molecule has 0 bridgehead atoms. The summed E-state index contributed by atoms with van der Waals surface area (Å²) >= 11 is 5.91. The normalized spacial score (nSPS) is 10.3. The van der Waals surface area contributed by atoms with Gasteiger partial charge in [-0.2, -0.15) is 0 Å². The summed E-state index contributed by atoms with van der Waals surface area (Å²) in [4.78, 5) is 17.5. The molecule has 1 heterocycles. The fourth-order valence-electron chi connectivity index (χ4n) is 1.34. The number of aromatic nitrogens is 1. The van der Waals surface area contributed by atoms with Gasteiger partial charge in [-0.05, 0) is 18.6 Å². The van der Waals surface area contributed by atoms with Crippen molar-refractivity contribution >= 4 is 23.3 Å². The van der Waals surface area contributed by atoms with Crippen molar-refractivity contribution < 1.29 is 9.53 Å². The van der Waals surface area contributed by atoms with Gasteiger partial charge in [0.05, 0.1) is 5.02 Å². The Hall–Kier alpha value is -1.33. The number of nitrogens with zero attached hydrogens (tertiary/aromatic N) is 2. The second-order valence-electron chi connectivity index (χ2n) is 3.64. The Bertz CT molecular complexity index is 398. The summed E-state index contributed by atoms with van der Waals surface area (Å²) in [6, 6.07) is 3.13. The van der Waals surface area contributed by atoms with Crippen LogP contribution in [0.15, 0.2) is 12.1 Å². The molecule has 0 atom stereocenters. The van der Waals surface area contributed by atoms with E-state index in [9.17, 15) is 4.79 Å². The number of halogens is 1. The Kier molecular flexibility index (Phi) is 5.18. The fraction of sp³-hybridized carbons (Fsp3) is 0.455. The van der Waals surface area contributed by atoms with E-state index in [0.29, 0.717) is 18.2 Å². The quantitative estimate of drug-likeness (QED) is 0.810. The second-order valence-corrected chi connectivity index (χ2v) is 4.05. The molecular formula is C11H16ClN3O2. The number of carbonyl (C=O) groups excluding carboxylic acids is 1. The van der Waals surface area contributed by atoms with Gasteiger partial charge in [0.15, 0.2) is 0 Å². The lowest BCUT2D eigenvalue weighted by Crippen LogP contribution is -2.29. The number of amides is 1. The molecule has 6 heteroatoms. The van der Waals surface area contributed by atoms with Crippen LogP contribution in [-0.2, 0) is 4.74 Å². The number of methoxy groups -OCH3 is 1. The van der Waals surface area contributed by atoms with Crippen LogP contribution in [0.5, 0.6) is 0 Å². The van der Waals surface area contributed by atoms with Gasteiger partial charge in [-0.3, -0.25) is 4.79 Å². The van der Waals surface area contributed by atoms with Crippen LogP contribution in [0.3, 0.4) is 0 Å². The van der Waals surface area contributed by atoms with Crippen LogP contribution in [0.4, 0.5) is 5.82 Å². The van der Waals surface area contributed by atoms with Gasteiger partial charge in [0.2, 0.25) is 0 Å². The largest absolute Gasteiger partial charge is 0.385 e. The zero-order valence-electron chi connectivity index (χ0n) is 9.94. The standard InChI is InChI=1S/C11H16ClN3O2/c1-15(6-3-7-17-2)11(16)10-8(12)4-5-9(13)14-10/h4-5H,3,6-7H2,1-2H3,(H2,13,14). The minimum Gasteiger partial charge on any atom is -0.385 e. The van der Waals surface area contributed by atoms with Crippen molar-refractivity contribution in [3.05, 3.63) is 22.8 Å². The van der Waals surface area contributed by atoms with Gasteiger partial charge in [-0.15, -0.1) is 0 Å². The molecule has 17 heavy (non-hydrogen) atoms. The van der Waals surface area contributed by atoms with Gasteiger partial charge in [-0.1, -0.05) is 11.6 Å². The van der Waals surface area contributed by atoms with Gasteiger partial charge in [0, 0.05) is 27.3 Å². The number of hydrogen-bond acceptors (Lipinski definition) is 4. The molecule has 0 unspecified atom stereocenters. The van der Waals surface area contributed by atoms with Crippen LogP contribution in [-0.4, -0.2) is 43.1 Å². The van der Waals surface area contributed by atoms with Crippen LogP contribution in [0.25, 0.3) is 0 Å². The first-order valence-corrected chi connectivity index (χ1v) is 5.60. The molecule has 1 aromatic rings. The summed E-state index contributed by atoms with van der Waals surface area (Å²) in [7, 11) is 3.32. The third kappa shape index (κ3) is 3.87. The molecule has 0 saturated heterocycles. The lowest BCUT2D eigenvalue weighted by molar-refractivity contribution is 0.0774. The van der Waals surface area contributed by atoms with Crippen LogP contribution in [0, 0.1) is 0 Å². The van der Waals surface area contributed by atoms with Crippen molar-refractivity contribution in [1.29, 1.82) is 0 Å². The highest BCUT2D eigenvalue weighted by Crippen LogP contribution is 2.16. The molecule has 0 radical (unpaired) electrons. The van der Waals surface area contributed by atoms with E-state index in [4.69, 9.17) is 22.1 Å². The maximum atomic E-state index is 12.0. The summed E-state index contributed by atoms with van der Waals surface area (Å²) in [5, 5.41) is 0.308. The number of carbonyl (C=O) groups is 1. The van der Waals surface area contributed by atoms with Crippen LogP contribution in [0.2, 0.25) is 5.02 Å². The van der Waals surface area contributed by atoms with Crippen LogP contribution >= 0.6 is 11.6 Å². The molecule has 0 fully saturated rings. The minimum atomic E-state index is -0.238. The van der Waals surface area contributed by atoms with Crippen molar-refractivity contribution in [1.82, 2.24) is 9.88 Å². The van der Waals surface area contributed by atoms with Gasteiger partial charge < -0.3 is 15.4 Å². The molecular weight excluding hydrogens is 242 g/mol. The third-order valence-electron chi connectivity index (χ3n) is 2.26. The van der Waals surface area contributed by atoms with E-state index >= 15 is 0 Å². The van der Waals surface area contributed by atoms with E-state index in [1.54, 1.807) is 31.2 Å². The van der Waals surface area contributed by atoms with Crippen LogP contribution < -0.4 is 5.73 Å². The summed E-state index contributed by atoms with van der Waals surface area (Å²) in [5.74, 6) is 0.0430. The van der Waals surface area contributed by atoms with Crippen molar-refractivity contribution in [2.45, 2.75) is 6.42 Å². The average Bonchev–Trinajstić information content (AvgIpc) is 2.31. The molecule has 0 aromatic carbocycles. The molecule has 0 aliphatic heterocycles. The summed E-state index contributed by atoms with van der Waals surface area (Å²) in [6.07, 6.45) is 0.763. The molecule has 1 amide bonds. The number of anilines is 1. The highest BCUT2D eigenvalue weighted by atomic mass is 35.5. The molecule has 0 aliphatic rings. The van der Waals surface area contributed by atoms with Crippen molar-refractivity contribution in [3.8, 4) is 0 Å². The molecule has 1 rings (SSSR count). The highest BCUT2D eigenvalue weighted by Gasteiger charge is 2.16. The van der Waals surface area contributed by atoms with Crippen molar-refractivity contribution in [3.63, 3.8) is 0 Å². The first-order valence-electron chi connectivity index (χ1n) is 5.22. The van der Waals surface area contributed by atoms with Crippen molar-refractivity contribution in [2.24, 2.45) is 0 Å². The lowest BCUT2D eigenvalue weighted by atomic mass is 10.3. The van der Waals surface area contributed by atoms with Crippen molar-refractivity contribution in [2.75, 3.05) is 33.0 Å². The fourth-order valence-corrected chi connectivity index (χ4v) is 1.52. The predicted octanol–water partition coefficient (Wildman–Crippen LogP) is 1.43. The second kappa shape index (κ2) is 6.42. The molecule has 0 spiro atoms. The topological polar surface area (TPSA) is 68.5 Å². The zero-order chi connectivity index (χ0) is 12.8. The Labute approximate surface area is 106 Å². The summed E-state index contributed by atoms with van der Waals surface area (Å²) in [5.41, 5.74) is 5.71. The zero-order valence-corrected chi connectivity index (χ0v) is 10.7. The molecule has 2 N–H and O–H groups in total. The van der Waals surface area contributed by atoms with E-state index in [2.05, 4.69) is 4.98 Å². The Morgan fingerprint density at radius 1 is 1.59 bits per heavy atom. The Balaban J connectivity index is 2.71. The van der Waals surface area contributed by atoms with Gasteiger partial charge >= 0.3 is 0 Å². The maximum absolute atomic E-state index is 12.0. The van der Waals surface area contributed by atoms with Gasteiger partial charge in [-0.25, -0.2) is 4.98 Å². The number of nitrogens with two attached hydrogens (primary N) is 1. The Morgan fingerprint density at radius 2 is 2.29 bits per heavy atom. The average molecular weight is 258 g/mol. The van der Waals surface area contributed by atoms with E-state index in [1.165, 1.54) is 0 Å². The molecule has 5 nitrogen and oxygen atoms in total. The first-order chi connectivity index (χ1) is 8.06. The SMILES string of the molecule is COCCCN(C)C(=O)c1nc(N)ccc1Cl. The molecule has 0 aliphatic carbocycles. The number of nitrogen functional groups attached to an aromatic ring is 1. The van der Waals surface area contributed by atoms with Gasteiger partial charge in [0.1, 0.15) is 11.5 Å². The first kappa shape index (κ1) is 13.7. The Morgan fingerprint density at radius 3 is 2.94 bits per heavy atom. The number of pyridine rings is 1. The monoisotopic (exact) mass is 257 g/mol. The van der Waals surface area contributed by atoms with Gasteiger partial charge in [0.25, 0.3) is 5.91 Å². The number of rotatable bonds is 5. The highest BCUT2D eigenvalue weighted by molar-refractivity contribution is 6.33. The predicted molar refractivity (Wildman–Crippen MR) is 67.1 cm³/mol. The van der Waals surface area contributed by atoms with E-state index in [1.807, 2.05) is 0 Å². The summed E-state index contributed by atoms with van der Waals surface area (Å²) in [6.45, 7) is 1.19. The maximum Gasteiger partial charge on any atom is 0.273 e. The molecule has 0 saturated carbocycles. The third-order valence-corrected chi connectivity index (χ3v) is 2.56. The minimum absolute atomic E-state index is 0.187. The van der Waals surface area contributed by atoms with Crippen LogP contribution in [0.1, 0.15) is 16.9 Å². The smallest absolute Gasteiger partial charge is 0.273 e. The van der Waals surface area contributed by atoms with E-state index < -0.39 is 0 Å². The lowest BCUT2D eigenvalue weighted by Gasteiger charge is -2.17. The number of hydrogen-bond donors (Lipinski definition) is 1. The van der Waals surface area contributed by atoms with E-state index in [-0.39, 0.29) is 17.4 Å². The summed E-state index contributed by atoms with van der Waals surface area (Å²) < 4.78 is 4.92. The molecule has 1 aromatic heterocycles. The molecule has 94 valence electrons. The van der Waals surface area contributed by atoms with E-state index in [0.717, 1.165) is 6.42 Å².